The summed E-state index contributed by atoms with van der Waals surface area (Å²) in [6.07, 6.45) is 3.37. The van der Waals surface area contributed by atoms with Gasteiger partial charge in [-0.25, -0.2) is 0 Å². The zero-order valence-corrected chi connectivity index (χ0v) is 12.4. The molecule has 0 radical (unpaired) electrons. The first kappa shape index (κ1) is 15.4. The van der Waals surface area contributed by atoms with E-state index in [0.717, 1.165) is 32.6 Å². The van der Waals surface area contributed by atoms with Gasteiger partial charge in [-0.15, -0.1) is 0 Å². The first-order valence-corrected chi connectivity index (χ1v) is 7.17. The number of hydrogen-bond acceptors (Lipinski definition) is 3. The number of nitrogens with zero attached hydrogens (tertiary/aromatic N) is 2. The quantitative estimate of drug-likeness (QED) is 0.774. The van der Waals surface area contributed by atoms with Crippen LogP contribution in [0.5, 0.6) is 0 Å². The lowest BCUT2D eigenvalue weighted by Gasteiger charge is -2.32. The van der Waals surface area contributed by atoms with E-state index < -0.39 is 0 Å². The van der Waals surface area contributed by atoms with Crippen molar-refractivity contribution in [2.75, 3.05) is 40.3 Å². The molecule has 0 unspecified atom stereocenters. The first-order valence-electron chi connectivity index (χ1n) is 7.17. The molecule has 4 nitrogen and oxygen atoms in total. The molecule has 106 valence electrons. The number of piperidine rings is 1. The van der Waals surface area contributed by atoms with Crippen molar-refractivity contribution in [3.63, 3.8) is 0 Å². The van der Waals surface area contributed by atoms with Crippen LogP contribution in [0.25, 0.3) is 0 Å². The van der Waals surface area contributed by atoms with Crippen LogP contribution in [0.3, 0.4) is 0 Å². The summed E-state index contributed by atoms with van der Waals surface area (Å²) in [4.78, 5) is 16.7. The Bertz CT molecular complexity index is 247. The van der Waals surface area contributed by atoms with Gasteiger partial charge in [-0.2, -0.15) is 0 Å². The highest BCUT2D eigenvalue weighted by molar-refractivity contribution is 5.82. The monoisotopic (exact) mass is 255 g/mol. The molecule has 1 atom stereocenters. The lowest BCUT2D eigenvalue weighted by Crippen LogP contribution is -2.50. The van der Waals surface area contributed by atoms with Crippen LogP contribution in [-0.2, 0) is 4.79 Å². The van der Waals surface area contributed by atoms with Crippen molar-refractivity contribution in [3.05, 3.63) is 0 Å². The van der Waals surface area contributed by atoms with Gasteiger partial charge in [-0.1, -0.05) is 20.3 Å². The van der Waals surface area contributed by atoms with Crippen LogP contribution in [0.1, 0.15) is 33.1 Å². The Morgan fingerprint density at radius 1 is 1.28 bits per heavy atom. The summed E-state index contributed by atoms with van der Waals surface area (Å²) in [5, 5.41) is 3.36. The lowest BCUT2D eigenvalue weighted by molar-refractivity contribution is -0.134. The number of likely N-dealkylation sites (N-methyl/N-ethyl adjacent to an activating group) is 1. The Hall–Kier alpha value is -0.610. The summed E-state index contributed by atoms with van der Waals surface area (Å²) in [6.45, 7) is 7.96. The number of amides is 1. The fraction of sp³-hybridized carbons (Fsp3) is 0.929. The van der Waals surface area contributed by atoms with Gasteiger partial charge in [-0.05, 0) is 39.4 Å². The Labute approximate surface area is 112 Å². The molecule has 0 spiro atoms. The molecular weight excluding hydrogens is 226 g/mol. The summed E-state index contributed by atoms with van der Waals surface area (Å²) >= 11 is 0. The third kappa shape index (κ3) is 5.36. The van der Waals surface area contributed by atoms with E-state index in [2.05, 4.69) is 38.2 Å². The minimum Gasteiger partial charge on any atom is -0.340 e. The van der Waals surface area contributed by atoms with Gasteiger partial charge >= 0.3 is 0 Å². The molecule has 1 aliphatic rings. The zero-order chi connectivity index (χ0) is 13.5. The molecule has 0 aromatic rings. The predicted molar refractivity (Wildman–Crippen MR) is 75.6 cm³/mol. The molecule has 0 aromatic heterocycles. The highest BCUT2D eigenvalue weighted by atomic mass is 16.2. The van der Waals surface area contributed by atoms with Crippen molar-refractivity contribution < 1.29 is 4.79 Å². The summed E-state index contributed by atoms with van der Waals surface area (Å²) in [5.41, 5.74) is 0. The molecule has 1 aliphatic heterocycles. The van der Waals surface area contributed by atoms with E-state index in [1.54, 1.807) is 0 Å². The maximum absolute atomic E-state index is 12.5. The fourth-order valence-corrected chi connectivity index (χ4v) is 2.34. The summed E-state index contributed by atoms with van der Waals surface area (Å²) in [6, 6.07) is 0.0552. The fourth-order valence-electron chi connectivity index (χ4n) is 2.34. The summed E-state index contributed by atoms with van der Waals surface area (Å²) < 4.78 is 0. The zero-order valence-electron chi connectivity index (χ0n) is 12.4. The lowest BCUT2D eigenvalue weighted by atomic mass is 10.0. The number of carbonyl (C=O) groups is 1. The number of nitrogens with one attached hydrogen (secondary N) is 1. The van der Waals surface area contributed by atoms with Gasteiger partial charge in [0, 0.05) is 19.6 Å². The van der Waals surface area contributed by atoms with E-state index >= 15 is 0 Å². The van der Waals surface area contributed by atoms with Crippen molar-refractivity contribution in [2.45, 2.75) is 39.2 Å². The summed E-state index contributed by atoms with van der Waals surface area (Å²) in [5.74, 6) is 0.824. The third-order valence-electron chi connectivity index (χ3n) is 3.32. The predicted octanol–water partition coefficient (Wildman–Crippen LogP) is 1.17. The van der Waals surface area contributed by atoms with Crippen LogP contribution in [0, 0.1) is 5.92 Å². The van der Waals surface area contributed by atoms with Gasteiger partial charge in [0.1, 0.15) is 0 Å². The van der Waals surface area contributed by atoms with Crippen LogP contribution in [0.4, 0.5) is 0 Å². The Kier molecular flexibility index (Phi) is 6.65. The maximum atomic E-state index is 12.5. The molecule has 1 amide bonds. The normalized spacial score (nSPS) is 20.4. The Balaban J connectivity index is 2.53. The van der Waals surface area contributed by atoms with Crippen LogP contribution < -0.4 is 5.32 Å². The molecule has 0 aromatic carbocycles. The smallest absolute Gasteiger partial charge is 0.239 e. The van der Waals surface area contributed by atoms with Gasteiger partial charge in [0.15, 0.2) is 0 Å². The van der Waals surface area contributed by atoms with Gasteiger partial charge in [0.25, 0.3) is 0 Å². The molecule has 1 N–H and O–H groups in total. The van der Waals surface area contributed by atoms with Crippen LogP contribution in [0.15, 0.2) is 0 Å². The third-order valence-corrected chi connectivity index (χ3v) is 3.32. The SMILES string of the molecule is CC(C)CN(CCN(C)C)C(=O)[C@H]1CCCCN1. The summed E-state index contributed by atoms with van der Waals surface area (Å²) in [7, 11) is 4.10. The van der Waals surface area contributed by atoms with E-state index in [1.165, 1.54) is 12.8 Å². The van der Waals surface area contributed by atoms with Crippen molar-refractivity contribution in [2.24, 2.45) is 5.92 Å². The standard InChI is InChI=1S/C14H29N3O/c1-12(2)11-17(10-9-16(3)4)14(18)13-7-5-6-8-15-13/h12-13,15H,5-11H2,1-4H3/t13-/m1/s1. The largest absolute Gasteiger partial charge is 0.340 e. The van der Waals surface area contributed by atoms with E-state index in [9.17, 15) is 4.79 Å². The Morgan fingerprint density at radius 3 is 2.50 bits per heavy atom. The highest BCUT2D eigenvalue weighted by Crippen LogP contribution is 2.11. The topological polar surface area (TPSA) is 35.6 Å². The molecule has 1 heterocycles. The molecule has 18 heavy (non-hydrogen) atoms. The second-order valence-corrected chi connectivity index (χ2v) is 5.98. The molecule has 1 fully saturated rings. The van der Waals surface area contributed by atoms with Gasteiger partial charge in [0.05, 0.1) is 6.04 Å². The van der Waals surface area contributed by atoms with Crippen LogP contribution in [-0.4, -0.2) is 62.0 Å². The van der Waals surface area contributed by atoms with Crippen LogP contribution >= 0.6 is 0 Å². The molecule has 4 heteroatoms. The van der Waals surface area contributed by atoms with Crippen molar-refractivity contribution in [3.8, 4) is 0 Å². The molecule has 0 bridgehead atoms. The van der Waals surface area contributed by atoms with Gasteiger partial charge in [-0.3, -0.25) is 4.79 Å². The molecular formula is C14H29N3O. The Morgan fingerprint density at radius 2 is 2.00 bits per heavy atom. The van der Waals surface area contributed by atoms with Crippen molar-refractivity contribution in [1.82, 2.24) is 15.1 Å². The van der Waals surface area contributed by atoms with E-state index in [0.29, 0.717) is 11.8 Å². The molecule has 1 rings (SSSR count). The number of carbonyl (C=O) groups excluding carboxylic acids is 1. The van der Waals surface area contributed by atoms with Crippen LogP contribution in [0.2, 0.25) is 0 Å². The second kappa shape index (κ2) is 7.74. The molecule has 0 saturated carbocycles. The van der Waals surface area contributed by atoms with Gasteiger partial charge in [0.2, 0.25) is 5.91 Å². The van der Waals surface area contributed by atoms with Crippen molar-refractivity contribution >= 4 is 5.91 Å². The van der Waals surface area contributed by atoms with Gasteiger partial charge < -0.3 is 15.1 Å². The first-order chi connectivity index (χ1) is 8.50. The minimum atomic E-state index is 0.0552. The van der Waals surface area contributed by atoms with E-state index in [4.69, 9.17) is 0 Å². The number of rotatable bonds is 6. The number of hydrogen-bond donors (Lipinski definition) is 1. The maximum Gasteiger partial charge on any atom is 0.239 e. The van der Waals surface area contributed by atoms with Crippen molar-refractivity contribution in [1.29, 1.82) is 0 Å². The average molecular weight is 255 g/mol. The van der Waals surface area contributed by atoms with E-state index in [1.807, 2.05) is 4.90 Å². The average Bonchev–Trinajstić information content (AvgIpc) is 2.34. The highest BCUT2D eigenvalue weighted by Gasteiger charge is 2.25. The molecule has 1 saturated heterocycles. The minimum absolute atomic E-state index is 0.0552. The second-order valence-electron chi connectivity index (χ2n) is 5.98. The molecule has 0 aliphatic carbocycles. The van der Waals surface area contributed by atoms with E-state index in [-0.39, 0.29) is 6.04 Å².